The highest BCUT2D eigenvalue weighted by Gasteiger charge is 2.42. The first-order valence-corrected chi connectivity index (χ1v) is 7.51. The van der Waals surface area contributed by atoms with Crippen LogP contribution in [0.4, 0.5) is 13.2 Å². The van der Waals surface area contributed by atoms with E-state index in [0.29, 0.717) is 0 Å². The maximum Gasteiger partial charge on any atom is 0.454 e. The number of hydrogen-bond donors (Lipinski definition) is 1. The predicted octanol–water partition coefficient (Wildman–Crippen LogP) is 3.86. The zero-order chi connectivity index (χ0) is 19.1. The van der Waals surface area contributed by atoms with Gasteiger partial charge in [0.15, 0.2) is 5.78 Å². The summed E-state index contributed by atoms with van der Waals surface area (Å²) in [5.74, 6) is -2.54. The molecule has 26 heavy (non-hydrogen) atoms. The van der Waals surface area contributed by atoms with Gasteiger partial charge < -0.3 is 9.72 Å². The van der Waals surface area contributed by atoms with Crippen LogP contribution in [-0.4, -0.2) is 34.8 Å². The Labute approximate surface area is 145 Å². The molecule has 0 radical (unpaired) electrons. The van der Waals surface area contributed by atoms with Crippen molar-refractivity contribution in [2.75, 3.05) is 7.11 Å². The third-order valence-electron chi connectivity index (χ3n) is 3.97. The van der Waals surface area contributed by atoms with E-state index in [1.807, 2.05) is 0 Å². The second-order valence-electron chi connectivity index (χ2n) is 5.59. The fourth-order valence-corrected chi connectivity index (χ4v) is 2.86. The maximum atomic E-state index is 13.1. The average molecular weight is 362 g/mol. The molecular formula is C18H13F3N2O3. The molecule has 0 bridgehead atoms. The Morgan fingerprint density at radius 1 is 1.15 bits per heavy atom. The highest BCUT2D eigenvalue weighted by atomic mass is 19.4. The Morgan fingerprint density at radius 3 is 2.46 bits per heavy atom. The number of hydrogen-bond acceptors (Lipinski definition) is 4. The monoisotopic (exact) mass is 362 g/mol. The van der Waals surface area contributed by atoms with Crippen LogP contribution in [0.2, 0.25) is 0 Å². The fraction of sp³-hybridized carbons (Fsp3) is 0.167. The van der Waals surface area contributed by atoms with E-state index >= 15 is 0 Å². The number of fused-ring (bicyclic) bond motifs is 1. The number of carbonyl (C=O) groups is 2. The summed E-state index contributed by atoms with van der Waals surface area (Å²) in [6, 6.07) is 5.94. The molecule has 0 aliphatic heterocycles. The van der Waals surface area contributed by atoms with Crippen LogP contribution in [0.15, 0.2) is 36.7 Å². The van der Waals surface area contributed by atoms with Crippen LogP contribution in [0.3, 0.4) is 0 Å². The van der Waals surface area contributed by atoms with Gasteiger partial charge in [-0.25, -0.2) is 0 Å². The van der Waals surface area contributed by atoms with Gasteiger partial charge in [-0.1, -0.05) is 0 Å². The Kier molecular flexibility index (Phi) is 4.27. The van der Waals surface area contributed by atoms with Crippen molar-refractivity contribution in [1.29, 1.82) is 0 Å². The summed E-state index contributed by atoms with van der Waals surface area (Å²) in [6.07, 6.45) is -2.31. The number of aromatic amines is 1. The van der Waals surface area contributed by atoms with Crippen molar-refractivity contribution >= 4 is 22.5 Å². The highest BCUT2D eigenvalue weighted by Crippen LogP contribution is 2.36. The minimum Gasteiger partial charge on any atom is -0.496 e. The van der Waals surface area contributed by atoms with Gasteiger partial charge in [-0.15, -0.1) is 0 Å². The molecule has 5 nitrogen and oxygen atoms in total. The number of nitrogens with one attached hydrogen (secondary N) is 1. The van der Waals surface area contributed by atoms with Crippen LogP contribution in [0.25, 0.3) is 10.9 Å². The number of methoxy groups -OCH3 is 1. The molecule has 8 heteroatoms. The van der Waals surface area contributed by atoms with Gasteiger partial charge in [0, 0.05) is 34.6 Å². The molecule has 0 amide bonds. The number of ketones is 2. The highest BCUT2D eigenvalue weighted by molar-refractivity contribution is 6.23. The van der Waals surface area contributed by atoms with Crippen LogP contribution in [0.1, 0.15) is 32.0 Å². The Hall–Kier alpha value is -3.16. The molecule has 0 saturated heterocycles. The van der Waals surface area contributed by atoms with Crippen molar-refractivity contribution in [1.82, 2.24) is 9.97 Å². The summed E-state index contributed by atoms with van der Waals surface area (Å²) in [5, 5.41) is -0.113. The molecule has 0 aliphatic carbocycles. The second kappa shape index (κ2) is 6.29. The van der Waals surface area contributed by atoms with Crippen molar-refractivity contribution in [3.05, 3.63) is 59.0 Å². The number of H-pyrrole nitrogens is 1. The number of benzene rings is 1. The van der Waals surface area contributed by atoms with Gasteiger partial charge in [-0.3, -0.25) is 14.6 Å². The Bertz CT molecular complexity index is 1010. The second-order valence-corrected chi connectivity index (χ2v) is 5.59. The minimum atomic E-state index is -5.07. The Morgan fingerprint density at radius 2 is 1.88 bits per heavy atom. The zero-order valence-corrected chi connectivity index (χ0v) is 13.8. The fourth-order valence-electron chi connectivity index (χ4n) is 2.86. The minimum absolute atomic E-state index is 0.0239. The standard InChI is InChI=1S/C18H13F3N2O3/c1-9-13(17(25)18(19,20)21)14-11(23-9)5-6-12(26-2)15(14)16(24)10-4-3-7-22-8-10/h3-8,23H,1-2H3. The van der Waals surface area contributed by atoms with E-state index in [9.17, 15) is 22.8 Å². The molecule has 0 fully saturated rings. The first-order valence-electron chi connectivity index (χ1n) is 7.51. The summed E-state index contributed by atoms with van der Waals surface area (Å²) in [7, 11) is 1.30. The van der Waals surface area contributed by atoms with Gasteiger partial charge in [0.1, 0.15) is 5.75 Å². The van der Waals surface area contributed by atoms with Crippen LogP contribution in [0, 0.1) is 6.92 Å². The number of carbonyl (C=O) groups excluding carboxylic acids is 2. The third-order valence-corrected chi connectivity index (χ3v) is 3.97. The van der Waals surface area contributed by atoms with Gasteiger partial charge in [0.25, 0.3) is 5.78 Å². The third kappa shape index (κ3) is 2.83. The number of aryl methyl sites for hydroxylation is 1. The van der Waals surface area contributed by atoms with E-state index in [0.717, 1.165) is 0 Å². The smallest absolute Gasteiger partial charge is 0.454 e. The SMILES string of the molecule is COc1ccc2[nH]c(C)c(C(=O)C(F)(F)F)c2c1C(=O)c1cccnc1. The average Bonchev–Trinajstić information content (AvgIpc) is 2.95. The number of Topliss-reactive ketones (excluding diaryl/α,β-unsaturated/α-hetero) is 1. The lowest BCUT2D eigenvalue weighted by atomic mass is 9.95. The summed E-state index contributed by atoms with van der Waals surface area (Å²) in [4.78, 5) is 31.5. The largest absolute Gasteiger partial charge is 0.496 e. The van der Waals surface area contributed by atoms with E-state index in [1.165, 1.54) is 50.7 Å². The number of ether oxygens (including phenoxy) is 1. The summed E-state index contributed by atoms with van der Waals surface area (Å²) < 4.78 is 44.4. The lowest BCUT2D eigenvalue weighted by Crippen LogP contribution is -2.23. The van der Waals surface area contributed by atoms with Crippen LogP contribution in [-0.2, 0) is 0 Å². The molecule has 0 spiro atoms. The zero-order valence-electron chi connectivity index (χ0n) is 13.8. The molecule has 2 heterocycles. The normalized spacial score (nSPS) is 11.6. The lowest BCUT2D eigenvalue weighted by molar-refractivity contribution is -0.0884. The van der Waals surface area contributed by atoms with Gasteiger partial charge in [-0.2, -0.15) is 13.2 Å². The van der Waals surface area contributed by atoms with Crippen molar-refractivity contribution in [2.45, 2.75) is 13.1 Å². The molecule has 2 aromatic heterocycles. The summed E-state index contributed by atoms with van der Waals surface area (Å²) in [6.45, 7) is 1.35. The topological polar surface area (TPSA) is 72.1 Å². The number of alkyl halides is 3. The quantitative estimate of drug-likeness (QED) is 0.716. The van der Waals surface area contributed by atoms with Gasteiger partial charge in [0.2, 0.25) is 0 Å². The van der Waals surface area contributed by atoms with Crippen molar-refractivity contribution in [3.8, 4) is 5.75 Å². The van der Waals surface area contributed by atoms with Crippen LogP contribution >= 0.6 is 0 Å². The summed E-state index contributed by atoms with van der Waals surface area (Å²) in [5.41, 5.74) is -0.268. The Balaban J connectivity index is 2.37. The van der Waals surface area contributed by atoms with Crippen molar-refractivity contribution < 1.29 is 27.5 Å². The number of halogens is 3. The summed E-state index contributed by atoms with van der Waals surface area (Å²) >= 11 is 0. The van der Waals surface area contributed by atoms with E-state index in [1.54, 1.807) is 0 Å². The molecule has 1 N–H and O–H groups in total. The molecule has 3 rings (SSSR count). The van der Waals surface area contributed by atoms with Crippen LogP contribution < -0.4 is 4.74 Å². The molecule has 0 unspecified atom stereocenters. The van der Waals surface area contributed by atoms with Crippen LogP contribution in [0.5, 0.6) is 5.75 Å². The molecule has 0 saturated carbocycles. The number of pyridine rings is 1. The number of nitrogens with zero attached hydrogens (tertiary/aromatic N) is 1. The predicted molar refractivity (Wildman–Crippen MR) is 87.6 cm³/mol. The molecule has 134 valence electrons. The van der Waals surface area contributed by atoms with Crippen molar-refractivity contribution in [2.24, 2.45) is 0 Å². The molecule has 3 aromatic rings. The molecule has 0 atom stereocenters. The van der Waals surface area contributed by atoms with E-state index in [4.69, 9.17) is 4.74 Å². The van der Waals surface area contributed by atoms with Gasteiger partial charge in [0.05, 0.1) is 18.2 Å². The maximum absolute atomic E-state index is 13.1. The van der Waals surface area contributed by atoms with E-state index in [-0.39, 0.29) is 33.5 Å². The van der Waals surface area contributed by atoms with E-state index < -0.39 is 23.3 Å². The molecular weight excluding hydrogens is 349 g/mol. The van der Waals surface area contributed by atoms with Gasteiger partial charge in [-0.05, 0) is 31.2 Å². The molecule has 0 aliphatic rings. The van der Waals surface area contributed by atoms with Crippen molar-refractivity contribution in [3.63, 3.8) is 0 Å². The van der Waals surface area contributed by atoms with E-state index in [2.05, 4.69) is 9.97 Å². The lowest BCUT2D eigenvalue weighted by Gasteiger charge is -2.11. The first kappa shape index (κ1) is 17.7. The number of aromatic nitrogens is 2. The first-order chi connectivity index (χ1) is 12.3. The van der Waals surface area contributed by atoms with Gasteiger partial charge >= 0.3 is 6.18 Å². The molecule has 1 aromatic carbocycles. The number of rotatable bonds is 4.